The summed E-state index contributed by atoms with van der Waals surface area (Å²) < 4.78 is 0. The number of carbonyl (C=O) groups excluding carboxylic acids is 2. The minimum atomic E-state index is -1.02. The zero-order valence-electron chi connectivity index (χ0n) is 11.3. The average molecular weight is 294 g/mol. The quantitative estimate of drug-likeness (QED) is 0.693. The van der Waals surface area contributed by atoms with Gasteiger partial charge in [-0.3, -0.25) is 9.59 Å². The van der Waals surface area contributed by atoms with Gasteiger partial charge < -0.3 is 5.11 Å². The normalized spacial score (nSPS) is 13.7. The van der Waals surface area contributed by atoms with E-state index in [0.29, 0.717) is 16.7 Å². The third kappa shape index (κ3) is 2.26. The molecule has 6 heteroatoms. The third-order valence-electron chi connectivity index (χ3n) is 3.25. The zero-order chi connectivity index (χ0) is 15.7. The second-order valence-corrected chi connectivity index (χ2v) is 4.64. The van der Waals surface area contributed by atoms with Crippen molar-refractivity contribution in [3.05, 3.63) is 70.8 Å². The SMILES string of the molecule is O=C(O)c1ccc(/C=N/N2C(=O)c3ccccc3C2=O)cc1. The Morgan fingerprint density at radius 3 is 2.00 bits per heavy atom. The van der Waals surface area contributed by atoms with Crippen molar-refractivity contribution < 1.29 is 19.5 Å². The molecule has 0 unspecified atom stereocenters. The highest BCUT2D eigenvalue weighted by Gasteiger charge is 2.35. The van der Waals surface area contributed by atoms with Crippen LogP contribution in [-0.2, 0) is 0 Å². The lowest BCUT2D eigenvalue weighted by molar-refractivity contribution is 0.0656. The maximum atomic E-state index is 12.1. The fourth-order valence-electron chi connectivity index (χ4n) is 2.12. The van der Waals surface area contributed by atoms with Crippen LogP contribution in [0.4, 0.5) is 0 Å². The molecule has 2 aromatic rings. The van der Waals surface area contributed by atoms with E-state index < -0.39 is 17.8 Å². The van der Waals surface area contributed by atoms with E-state index in [1.807, 2.05) is 0 Å². The average Bonchev–Trinajstić information content (AvgIpc) is 2.78. The molecule has 108 valence electrons. The molecular weight excluding hydrogens is 284 g/mol. The van der Waals surface area contributed by atoms with Crippen LogP contribution in [0.15, 0.2) is 53.6 Å². The summed E-state index contributed by atoms with van der Waals surface area (Å²) in [6.45, 7) is 0. The van der Waals surface area contributed by atoms with Crippen LogP contribution in [0, 0.1) is 0 Å². The predicted octanol–water partition coefficient (Wildman–Crippen LogP) is 2.01. The molecule has 6 nitrogen and oxygen atoms in total. The number of rotatable bonds is 3. The van der Waals surface area contributed by atoms with Crippen LogP contribution < -0.4 is 0 Å². The Morgan fingerprint density at radius 1 is 0.955 bits per heavy atom. The number of hydrogen-bond donors (Lipinski definition) is 1. The van der Waals surface area contributed by atoms with Gasteiger partial charge in [-0.2, -0.15) is 10.1 Å². The van der Waals surface area contributed by atoms with Gasteiger partial charge in [-0.25, -0.2) is 4.79 Å². The van der Waals surface area contributed by atoms with Gasteiger partial charge in [0.2, 0.25) is 0 Å². The molecule has 1 heterocycles. The van der Waals surface area contributed by atoms with Gasteiger partial charge in [0.1, 0.15) is 0 Å². The number of fused-ring (bicyclic) bond motifs is 1. The van der Waals surface area contributed by atoms with Crippen molar-refractivity contribution in [2.75, 3.05) is 0 Å². The molecule has 2 amide bonds. The molecule has 0 bridgehead atoms. The van der Waals surface area contributed by atoms with Crippen molar-refractivity contribution in [2.24, 2.45) is 5.10 Å². The Kier molecular flexibility index (Phi) is 3.27. The van der Waals surface area contributed by atoms with Crippen LogP contribution in [-0.4, -0.2) is 34.1 Å². The van der Waals surface area contributed by atoms with Gasteiger partial charge in [-0.15, -0.1) is 0 Å². The lowest BCUT2D eigenvalue weighted by Gasteiger charge is -2.05. The number of carboxylic acids is 1. The topological polar surface area (TPSA) is 87.0 Å². The summed E-state index contributed by atoms with van der Waals surface area (Å²) in [6.07, 6.45) is 1.34. The van der Waals surface area contributed by atoms with Crippen molar-refractivity contribution in [1.29, 1.82) is 0 Å². The first-order valence-corrected chi connectivity index (χ1v) is 6.43. The first-order valence-electron chi connectivity index (χ1n) is 6.43. The molecule has 0 spiro atoms. The van der Waals surface area contributed by atoms with E-state index in [1.165, 1.54) is 18.3 Å². The maximum Gasteiger partial charge on any atom is 0.335 e. The fraction of sp³-hybridized carbons (Fsp3) is 0. The van der Waals surface area contributed by atoms with Crippen LogP contribution >= 0.6 is 0 Å². The Bertz CT molecular complexity index is 774. The lowest BCUT2D eigenvalue weighted by Crippen LogP contribution is -2.23. The van der Waals surface area contributed by atoms with Crippen molar-refractivity contribution in [2.45, 2.75) is 0 Å². The van der Waals surface area contributed by atoms with E-state index in [4.69, 9.17) is 5.11 Å². The van der Waals surface area contributed by atoms with Gasteiger partial charge in [-0.1, -0.05) is 24.3 Å². The molecule has 1 N–H and O–H groups in total. The Morgan fingerprint density at radius 2 is 1.50 bits per heavy atom. The molecule has 22 heavy (non-hydrogen) atoms. The number of benzene rings is 2. The van der Waals surface area contributed by atoms with Crippen LogP contribution in [0.2, 0.25) is 0 Å². The molecule has 0 fully saturated rings. The molecule has 0 saturated carbocycles. The highest BCUT2D eigenvalue weighted by molar-refractivity contribution is 6.21. The summed E-state index contributed by atoms with van der Waals surface area (Å²) in [7, 11) is 0. The Balaban J connectivity index is 1.83. The van der Waals surface area contributed by atoms with E-state index in [2.05, 4.69) is 5.10 Å². The summed E-state index contributed by atoms with van der Waals surface area (Å²) in [4.78, 5) is 34.9. The van der Waals surface area contributed by atoms with E-state index in [-0.39, 0.29) is 5.56 Å². The summed E-state index contributed by atoms with van der Waals surface area (Å²) >= 11 is 0. The van der Waals surface area contributed by atoms with Gasteiger partial charge in [0.05, 0.1) is 22.9 Å². The number of amides is 2. The standard InChI is InChI=1S/C16H10N2O4/c19-14-12-3-1-2-4-13(12)15(20)18(14)17-9-10-5-7-11(8-6-10)16(21)22/h1-9H,(H,21,22)/b17-9+. The summed E-state index contributed by atoms with van der Waals surface area (Å²) in [6, 6.07) is 12.5. The number of imide groups is 1. The molecule has 0 atom stereocenters. The van der Waals surface area contributed by atoms with Gasteiger partial charge in [0.25, 0.3) is 11.8 Å². The summed E-state index contributed by atoms with van der Waals surface area (Å²) in [5.74, 6) is -1.97. The van der Waals surface area contributed by atoms with Gasteiger partial charge in [0.15, 0.2) is 0 Å². The second kappa shape index (κ2) is 5.25. The van der Waals surface area contributed by atoms with Gasteiger partial charge in [0, 0.05) is 0 Å². The molecular formula is C16H10N2O4. The molecule has 1 aliphatic heterocycles. The second-order valence-electron chi connectivity index (χ2n) is 4.64. The largest absolute Gasteiger partial charge is 0.478 e. The number of nitrogens with zero attached hydrogens (tertiary/aromatic N) is 2. The minimum Gasteiger partial charge on any atom is -0.478 e. The Hall–Kier alpha value is -3.28. The summed E-state index contributed by atoms with van der Waals surface area (Å²) in [5.41, 5.74) is 1.39. The van der Waals surface area contributed by atoms with E-state index in [0.717, 1.165) is 5.01 Å². The van der Waals surface area contributed by atoms with Gasteiger partial charge in [-0.05, 0) is 29.8 Å². The minimum absolute atomic E-state index is 0.151. The maximum absolute atomic E-state index is 12.1. The molecule has 0 saturated heterocycles. The summed E-state index contributed by atoms with van der Waals surface area (Å²) in [5, 5.41) is 13.5. The van der Waals surface area contributed by atoms with Crippen LogP contribution in [0.1, 0.15) is 36.6 Å². The zero-order valence-corrected chi connectivity index (χ0v) is 11.3. The Labute approximate surface area is 125 Å². The lowest BCUT2D eigenvalue weighted by atomic mass is 10.1. The smallest absolute Gasteiger partial charge is 0.335 e. The number of carbonyl (C=O) groups is 3. The number of aromatic carboxylic acids is 1. The highest BCUT2D eigenvalue weighted by Crippen LogP contribution is 2.22. The predicted molar refractivity (Wildman–Crippen MR) is 77.9 cm³/mol. The molecule has 3 rings (SSSR count). The first kappa shape index (κ1) is 13.7. The first-order chi connectivity index (χ1) is 10.6. The highest BCUT2D eigenvalue weighted by atomic mass is 16.4. The molecule has 0 aliphatic carbocycles. The third-order valence-corrected chi connectivity index (χ3v) is 3.25. The number of carboxylic acid groups (broad SMARTS) is 1. The molecule has 1 aliphatic rings. The fourth-order valence-corrected chi connectivity index (χ4v) is 2.12. The van der Waals surface area contributed by atoms with Crippen LogP contribution in [0.25, 0.3) is 0 Å². The number of hydrogen-bond acceptors (Lipinski definition) is 4. The van der Waals surface area contributed by atoms with Crippen LogP contribution in [0.3, 0.4) is 0 Å². The van der Waals surface area contributed by atoms with E-state index in [1.54, 1.807) is 36.4 Å². The van der Waals surface area contributed by atoms with E-state index in [9.17, 15) is 14.4 Å². The van der Waals surface area contributed by atoms with E-state index >= 15 is 0 Å². The number of hydrazone groups is 1. The van der Waals surface area contributed by atoms with Crippen LogP contribution in [0.5, 0.6) is 0 Å². The van der Waals surface area contributed by atoms with Crippen molar-refractivity contribution >= 4 is 24.0 Å². The molecule has 0 radical (unpaired) electrons. The monoisotopic (exact) mass is 294 g/mol. The van der Waals surface area contributed by atoms with Crippen molar-refractivity contribution in [1.82, 2.24) is 5.01 Å². The van der Waals surface area contributed by atoms with Crippen molar-refractivity contribution in [3.8, 4) is 0 Å². The van der Waals surface area contributed by atoms with Gasteiger partial charge >= 0.3 is 5.97 Å². The molecule has 0 aromatic heterocycles. The molecule has 2 aromatic carbocycles. The van der Waals surface area contributed by atoms with Crippen molar-refractivity contribution in [3.63, 3.8) is 0 Å².